The van der Waals surface area contributed by atoms with Gasteiger partial charge in [0.25, 0.3) is 0 Å². The molecule has 0 atom stereocenters. The van der Waals surface area contributed by atoms with Crippen molar-refractivity contribution in [1.82, 2.24) is 0 Å². The van der Waals surface area contributed by atoms with E-state index >= 15 is 0 Å². The van der Waals surface area contributed by atoms with Crippen molar-refractivity contribution in [3.05, 3.63) is 0 Å². The van der Waals surface area contributed by atoms with Gasteiger partial charge in [-0.1, -0.05) is 11.8 Å². The van der Waals surface area contributed by atoms with Crippen LogP contribution in [0.25, 0.3) is 0 Å². The number of ether oxygens (including phenoxy) is 1. The Balaban J connectivity index is 2.84. The van der Waals surface area contributed by atoms with Crippen molar-refractivity contribution in [2.45, 2.75) is 6.92 Å². The molecule has 10 heavy (non-hydrogen) atoms. The van der Waals surface area contributed by atoms with E-state index in [0.717, 1.165) is 5.75 Å². The fourth-order valence-electron chi connectivity index (χ4n) is 0.430. The minimum atomic E-state index is 0.136. The van der Waals surface area contributed by atoms with E-state index in [9.17, 15) is 4.79 Å². The number of carbonyl (C=O) groups excluding carboxylic acids is 1. The first-order valence-corrected chi connectivity index (χ1v) is 4.17. The quantitative estimate of drug-likeness (QED) is 0.590. The molecule has 0 aliphatic carbocycles. The van der Waals surface area contributed by atoms with Gasteiger partial charge in [0.05, 0.1) is 13.2 Å². The molecule has 0 amide bonds. The van der Waals surface area contributed by atoms with Crippen LogP contribution in [-0.2, 0) is 9.53 Å². The average molecular weight is 163 g/mol. The number of hydrogen-bond donors (Lipinski definition) is 1. The lowest BCUT2D eigenvalue weighted by molar-refractivity contribution is -0.109. The molecule has 0 aliphatic heterocycles. The molecule has 3 nitrogen and oxygen atoms in total. The van der Waals surface area contributed by atoms with Gasteiger partial charge in [-0.25, -0.2) is 0 Å². The molecule has 0 aromatic heterocycles. The second-order valence-electron chi connectivity index (χ2n) is 1.74. The van der Waals surface area contributed by atoms with Crippen LogP contribution in [0.5, 0.6) is 0 Å². The van der Waals surface area contributed by atoms with Crippen molar-refractivity contribution in [1.29, 1.82) is 0 Å². The Hall–Kier alpha value is -0.0600. The third-order valence-corrected chi connectivity index (χ3v) is 1.57. The molecule has 0 saturated carbocycles. The van der Waals surface area contributed by atoms with Gasteiger partial charge in [0, 0.05) is 19.2 Å². The van der Waals surface area contributed by atoms with Gasteiger partial charge < -0.3 is 10.5 Å². The summed E-state index contributed by atoms with van der Waals surface area (Å²) >= 11 is 1.28. The molecule has 0 heterocycles. The fourth-order valence-corrected chi connectivity index (χ4v) is 0.918. The Labute approximate surface area is 65.3 Å². The summed E-state index contributed by atoms with van der Waals surface area (Å²) in [6.45, 7) is 3.29. The summed E-state index contributed by atoms with van der Waals surface area (Å²) in [6, 6.07) is 0. The van der Waals surface area contributed by atoms with Crippen molar-refractivity contribution in [3.8, 4) is 0 Å². The molecule has 0 aromatic carbocycles. The maximum atomic E-state index is 10.4. The largest absolute Gasteiger partial charge is 0.379 e. The molecular weight excluding hydrogens is 150 g/mol. The van der Waals surface area contributed by atoms with Gasteiger partial charge in [0.15, 0.2) is 5.12 Å². The maximum absolute atomic E-state index is 10.4. The molecule has 60 valence electrons. The van der Waals surface area contributed by atoms with Crippen LogP contribution in [0.15, 0.2) is 0 Å². The first-order chi connectivity index (χ1) is 4.77. The molecule has 0 unspecified atom stereocenters. The average Bonchev–Trinajstić information content (AvgIpc) is 1.87. The van der Waals surface area contributed by atoms with Gasteiger partial charge in [0.2, 0.25) is 0 Å². The van der Waals surface area contributed by atoms with Crippen LogP contribution < -0.4 is 5.73 Å². The second-order valence-corrected chi connectivity index (χ2v) is 3.01. The summed E-state index contributed by atoms with van der Waals surface area (Å²) in [7, 11) is 0. The Morgan fingerprint density at radius 2 is 2.30 bits per heavy atom. The highest BCUT2D eigenvalue weighted by Crippen LogP contribution is 1.99. The van der Waals surface area contributed by atoms with E-state index < -0.39 is 0 Å². The van der Waals surface area contributed by atoms with Crippen molar-refractivity contribution in [3.63, 3.8) is 0 Å². The number of nitrogens with two attached hydrogens (primary N) is 1. The molecule has 0 saturated heterocycles. The van der Waals surface area contributed by atoms with Crippen LogP contribution >= 0.6 is 11.8 Å². The third kappa shape index (κ3) is 7.94. The van der Waals surface area contributed by atoms with Crippen LogP contribution in [0, 0.1) is 0 Å². The zero-order valence-corrected chi connectivity index (χ0v) is 6.95. The van der Waals surface area contributed by atoms with Crippen LogP contribution in [0.1, 0.15) is 6.92 Å². The molecule has 0 spiro atoms. The summed E-state index contributed by atoms with van der Waals surface area (Å²) in [5, 5.41) is 0.136. The zero-order valence-electron chi connectivity index (χ0n) is 6.13. The van der Waals surface area contributed by atoms with Crippen molar-refractivity contribution in [2.75, 3.05) is 25.5 Å². The molecule has 0 bridgehead atoms. The van der Waals surface area contributed by atoms with Crippen LogP contribution in [-0.4, -0.2) is 30.6 Å². The SMILES string of the molecule is CC(=O)SCCOCCN. The molecular formula is C6H13NO2S. The Morgan fingerprint density at radius 1 is 1.60 bits per heavy atom. The summed E-state index contributed by atoms with van der Waals surface area (Å²) in [6.07, 6.45) is 0. The molecule has 2 N–H and O–H groups in total. The molecule has 0 aliphatic rings. The molecule has 0 rings (SSSR count). The Kier molecular flexibility index (Phi) is 7.01. The minimum Gasteiger partial charge on any atom is -0.379 e. The van der Waals surface area contributed by atoms with E-state index in [1.54, 1.807) is 6.92 Å². The lowest BCUT2D eigenvalue weighted by Crippen LogP contribution is -2.10. The van der Waals surface area contributed by atoms with Gasteiger partial charge in [-0.15, -0.1) is 0 Å². The van der Waals surface area contributed by atoms with Crippen molar-refractivity contribution >= 4 is 16.9 Å². The number of hydrogen-bond acceptors (Lipinski definition) is 4. The van der Waals surface area contributed by atoms with Crippen molar-refractivity contribution in [2.24, 2.45) is 5.73 Å². The maximum Gasteiger partial charge on any atom is 0.185 e. The summed E-state index contributed by atoms with van der Waals surface area (Å²) < 4.78 is 5.04. The molecule has 0 fully saturated rings. The predicted molar refractivity (Wildman–Crippen MR) is 43.0 cm³/mol. The Bertz CT molecular complexity index is 97.7. The summed E-state index contributed by atoms with van der Waals surface area (Å²) in [5.41, 5.74) is 5.17. The van der Waals surface area contributed by atoms with E-state index in [2.05, 4.69) is 0 Å². The third-order valence-electron chi connectivity index (χ3n) is 0.795. The van der Waals surface area contributed by atoms with E-state index in [-0.39, 0.29) is 5.12 Å². The van der Waals surface area contributed by atoms with Gasteiger partial charge in [-0.3, -0.25) is 4.79 Å². The lowest BCUT2D eigenvalue weighted by Gasteiger charge is -1.98. The molecule has 0 radical (unpaired) electrons. The van der Waals surface area contributed by atoms with Crippen molar-refractivity contribution < 1.29 is 9.53 Å². The van der Waals surface area contributed by atoms with E-state index in [0.29, 0.717) is 19.8 Å². The Morgan fingerprint density at radius 3 is 2.80 bits per heavy atom. The second kappa shape index (κ2) is 7.05. The highest BCUT2D eigenvalue weighted by Gasteiger charge is 1.92. The number of carbonyl (C=O) groups is 1. The number of thioether (sulfide) groups is 1. The van der Waals surface area contributed by atoms with Gasteiger partial charge in [0.1, 0.15) is 0 Å². The van der Waals surface area contributed by atoms with E-state index in [4.69, 9.17) is 10.5 Å². The zero-order chi connectivity index (χ0) is 7.82. The fraction of sp³-hybridized carbons (Fsp3) is 0.833. The highest BCUT2D eigenvalue weighted by molar-refractivity contribution is 8.13. The predicted octanol–water partition coefficient (Wildman–Crippen LogP) is 0.241. The topological polar surface area (TPSA) is 52.3 Å². The van der Waals surface area contributed by atoms with Crippen LogP contribution in [0.4, 0.5) is 0 Å². The molecule has 0 aromatic rings. The highest BCUT2D eigenvalue weighted by atomic mass is 32.2. The standard InChI is InChI=1S/C6H13NO2S/c1-6(8)10-5-4-9-3-2-7/h2-5,7H2,1H3. The van der Waals surface area contributed by atoms with Crippen LogP contribution in [0.2, 0.25) is 0 Å². The first-order valence-electron chi connectivity index (χ1n) is 3.18. The summed E-state index contributed by atoms with van der Waals surface area (Å²) in [5.74, 6) is 0.731. The monoisotopic (exact) mass is 163 g/mol. The van der Waals surface area contributed by atoms with E-state index in [1.165, 1.54) is 11.8 Å². The van der Waals surface area contributed by atoms with Gasteiger partial charge in [-0.05, 0) is 0 Å². The normalized spacial score (nSPS) is 9.80. The first kappa shape index (κ1) is 9.94. The van der Waals surface area contributed by atoms with Gasteiger partial charge in [-0.2, -0.15) is 0 Å². The minimum absolute atomic E-state index is 0.136. The smallest absolute Gasteiger partial charge is 0.185 e. The molecule has 4 heteroatoms. The van der Waals surface area contributed by atoms with Gasteiger partial charge >= 0.3 is 0 Å². The van der Waals surface area contributed by atoms with E-state index in [1.807, 2.05) is 0 Å². The lowest BCUT2D eigenvalue weighted by atomic mass is 10.7. The van der Waals surface area contributed by atoms with Crippen LogP contribution in [0.3, 0.4) is 0 Å². The summed E-state index contributed by atoms with van der Waals surface area (Å²) in [4.78, 5) is 10.4. The number of rotatable bonds is 5.